The standard InChI is InChI=1S/C12H15N3O3/c13-9-3-1-2-8(11(9)12(17)18)6-15-5-4-14-10(16)7-15/h1-3H,4-7,13H2,(H,14,16)(H,17,18). The maximum Gasteiger partial charge on any atom is 0.338 e. The van der Waals surface area contributed by atoms with Gasteiger partial charge in [0.15, 0.2) is 0 Å². The SMILES string of the molecule is Nc1cccc(CN2CCNC(=O)C2)c1C(=O)O. The van der Waals surface area contributed by atoms with Crippen molar-refractivity contribution in [2.24, 2.45) is 0 Å². The van der Waals surface area contributed by atoms with Crippen molar-refractivity contribution in [1.29, 1.82) is 0 Å². The van der Waals surface area contributed by atoms with Crippen LogP contribution in [0, 0.1) is 0 Å². The molecule has 0 atom stereocenters. The molecule has 2 rings (SSSR count). The highest BCUT2D eigenvalue weighted by atomic mass is 16.4. The van der Waals surface area contributed by atoms with E-state index in [1.165, 1.54) is 0 Å². The van der Waals surface area contributed by atoms with Crippen LogP contribution in [0.25, 0.3) is 0 Å². The zero-order chi connectivity index (χ0) is 13.1. The number of carbonyl (C=O) groups is 2. The van der Waals surface area contributed by atoms with Crippen molar-refractivity contribution in [3.8, 4) is 0 Å². The van der Waals surface area contributed by atoms with E-state index in [0.29, 0.717) is 25.2 Å². The molecule has 18 heavy (non-hydrogen) atoms. The monoisotopic (exact) mass is 249 g/mol. The van der Waals surface area contributed by atoms with Crippen LogP contribution in [0.15, 0.2) is 18.2 Å². The summed E-state index contributed by atoms with van der Waals surface area (Å²) in [6.07, 6.45) is 0. The molecule has 1 aliphatic heterocycles. The Bertz CT molecular complexity index is 487. The lowest BCUT2D eigenvalue weighted by Crippen LogP contribution is -2.47. The summed E-state index contributed by atoms with van der Waals surface area (Å²) in [6.45, 7) is 2.00. The third-order valence-corrected chi connectivity index (χ3v) is 2.91. The highest BCUT2D eigenvalue weighted by Gasteiger charge is 2.20. The minimum atomic E-state index is -1.04. The summed E-state index contributed by atoms with van der Waals surface area (Å²) < 4.78 is 0. The smallest absolute Gasteiger partial charge is 0.338 e. The molecule has 96 valence electrons. The van der Waals surface area contributed by atoms with Gasteiger partial charge in [0.2, 0.25) is 5.91 Å². The second kappa shape index (κ2) is 5.05. The van der Waals surface area contributed by atoms with E-state index in [1.807, 2.05) is 4.90 Å². The molecule has 1 aliphatic rings. The fourth-order valence-electron chi connectivity index (χ4n) is 2.08. The molecule has 1 fully saturated rings. The number of anilines is 1. The van der Waals surface area contributed by atoms with E-state index in [4.69, 9.17) is 10.8 Å². The van der Waals surface area contributed by atoms with Crippen LogP contribution in [0.5, 0.6) is 0 Å². The second-order valence-corrected chi connectivity index (χ2v) is 4.25. The Morgan fingerprint density at radius 1 is 1.50 bits per heavy atom. The Morgan fingerprint density at radius 2 is 2.28 bits per heavy atom. The Kier molecular flexibility index (Phi) is 3.47. The average molecular weight is 249 g/mol. The van der Waals surface area contributed by atoms with Crippen molar-refractivity contribution in [1.82, 2.24) is 10.2 Å². The van der Waals surface area contributed by atoms with Crippen LogP contribution >= 0.6 is 0 Å². The summed E-state index contributed by atoms with van der Waals surface area (Å²) in [5, 5.41) is 11.9. The molecule has 1 aromatic carbocycles. The van der Waals surface area contributed by atoms with Crippen molar-refractivity contribution in [2.75, 3.05) is 25.4 Å². The molecule has 1 heterocycles. The van der Waals surface area contributed by atoms with E-state index < -0.39 is 5.97 Å². The summed E-state index contributed by atoms with van der Waals surface area (Å²) >= 11 is 0. The second-order valence-electron chi connectivity index (χ2n) is 4.25. The Labute approximate surface area is 104 Å². The van der Waals surface area contributed by atoms with E-state index in [9.17, 15) is 9.59 Å². The molecule has 0 aromatic heterocycles. The molecule has 0 saturated carbocycles. The number of aromatic carboxylic acids is 1. The van der Waals surface area contributed by atoms with E-state index in [0.717, 1.165) is 0 Å². The van der Waals surface area contributed by atoms with Crippen molar-refractivity contribution < 1.29 is 14.7 Å². The van der Waals surface area contributed by atoms with Gasteiger partial charge in [0, 0.05) is 25.3 Å². The molecular formula is C12H15N3O3. The molecule has 1 saturated heterocycles. The molecule has 4 N–H and O–H groups in total. The number of nitrogens with zero attached hydrogens (tertiary/aromatic N) is 1. The van der Waals surface area contributed by atoms with Gasteiger partial charge >= 0.3 is 5.97 Å². The number of hydrogen-bond donors (Lipinski definition) is 3. The van der Waals surface area contributed by atoms with E-state index >= 15 is 0 Å². The average Bonchev–Trinajstić information content (AvgIpc) is 2.28. The van der Waals surface area contributed by atoms with Crippen molar-refractivity contribution in [3.05, 3.63) is 29.3 Å². The van der Waals surface area contributed by atoms with Crippen molar-refractivity contribution >= 4 is 17.6 Å². The molecule has 1 aromatic rings. The van der Waals surface area contributed by atoms with Gasteiger partial charge in [-0.25, -0.2) is 4.79 Å². The predicted octanol–water partition coefficient (Wildman–Crippen LogP) is -0.101. The van der Waals surface area contributed by atoms with Gasteiger partial charge in [-0.1, -0.05) is 12.1 Å². The Hall–Kier alpha value is -2.08. The first kappa shape index (κ1) is 12.4. The Balaban J connectivity index is 2.20. The zero-order valence-corrected chi connectivity index (χ0v) is 9.85. The first-order valence-corrected chi connectivity index (χ1v) is 5.67. The molecule has 6 heteroatoms. The maximum absolute atomic E-state index is 11.3. The molecular weight excluding hydrogens is 234 g/mol. The van der Waals surface area contributed by atoms with Crippen molar-refractivity contribution in [3.63, 3.8) is 0 Å². The molecule has 6 nitrogen and oxygen atoms in total. The number of amides is 1. The summed E-state index contributed by atoms with van der Waals surface area (Å²) in [4.78, 5) is 24.3. The number of nitrogens with one attached hydrogen (secondary N) is 1. The van der Waals surface area contributed by atoms with Crippen LogP contribution < -0.4 is 11.1 Å². The van der Waals surface area contributed by atoms with Crippen LogP contribution in [-0.2, 0) is 11.3 Å². The number of nitrogens with two attached hydrogens (primary N) is 1. The van der Waals surface area contributed by atoms with Gasteiger partial charge < -0.3 is 16.2 Å². The van der Waals surface area contributed by atoms with E-state index in [1.54, 1.807) is 18.2 Å². The van der Waals surface area contributed by atoms with Gasteiger partial charge in [0.1, 0.15) is 0 Å². The summed E-state index contributed by atoms with van der Waals surface area (Å²) in [6, 6.07) is 5.02. The molecule has 0 aliphatic carbocycles. The van der Waals surface area contributed by atoms with Crippen LogP contribution in [0.1, 0.15) is 15.9 Å². The third kappa shape index (κ3) is 2.60. The predicted molar refractivity (Wildman–Crippen MR) is 66.1 cm³/mol. The Morgan fingerprint density at radius 3 is 2.94 bits per heavy atom. The van der Waals surface area contributed by atoms with Crippen LogP contribution in [0.3, 0.4) is 0 Å². The minimum Gasteiger partial charge on any atom is -0.478 e. The van der Waals surface area contributed by atoms with Gasteiger partial charge in [-0.3, -0.25) is 9.69 Å². The molecule has 0 radical (unpaired) electrons. The number of carbonyl (C=O) groups excluding carboxylic acids is 1. The maximum atomic E-state index is 11.3. The normalized spacial score (nSPS) is 16.3. The first-order chi connectivity index (χ1) is 8.58. The summed E-state index contributed by atoms with van der Waals surface area (Å²) in [5.41, 5.74) is 6.69. The van der Waals surface area contributed by atoms with Crippen molar-refractivity contribution in [2.45, 2.75) is 6.54 Å². The number of hydrogen-bond acceptors (Lipinski definition) is 4. The lowest BCUT2D eigenvalue weighted by molar-refractivity contribution is -0.124. The molecule has 0 bridgehead atoms. The van der Waals surface area contributed by atoms with Crippen LogP contribution in [0.2, 0.25) is 0 Å². The largest absolute Gasteiger partial charge is 0.478 e. The minimum absolute atomic E-state index is 0.0398. The lowest BCUT2D eigenvalue weighted by Gasteiger charge is -2.27. The van der Waals surface area contributed by atoms with Crippen LogP contribution in [-0.4, -0.2) is 41.5 Å². The number of nitrogen functional groups attached to an aromatic ring is 1. The van der Waals surface area contributed by atoms with Crippen LogP contribution in [0.4, 0.5) is 5.69 Å². The zero-order valence-electron chi connectivity index (χ0n) is 9.85. The summed E-state index contributed by atoms with van der Waals surface area (Å²) in [5.74, 6) is -1.08. The van der Waals surface area contributed by atoms with E-state index in [-0.39, 0.29) is 23.7 Å². The number of benzene rings is 1. The number of carboxylic acid groups (broad SMARTS) is 1. The van der Waals surface area contributed by atoms with Gasteiger partial charge in [-0.05, 0) is 11.6 Å². The van der Waals surface area contributed by atoms with Gasteiger partial charge in [-0.2, -0.15) is 0 Å². The van der Waals surface area contributed by atoms with E-state index in [2.05, 4.69) is 5.32 Å². The topological polar surface area (TPSA) is 95.7 Å². The number of rotatable bonds is 3. The third-order valence-electron chi connectivity index (χ3n) is 2.91. The fraction of sp³-hybridized carbons (Fsp3) is 0.333. The van der Waals surface area contributed by atoms with Gasteiger partial charge in [-0.15, -0.1) is 0 Å². The fourth-order valence-corrected chi connectivity index (χ4v) is 2.08. The van der Waals surface area contributed by atoms with Gasteiger partial charge in [0.05, 0.1) is 12.1 Å². The highest BCUT2D eigenvalue weighted by molar-refractivity contribution is 5.95. The molecule has 1 amide bonds. The number of carboxylic acids is 1. The number of piperazine rings is 1. The van der Waals surface area contributed by atoms with Gasteiger partial charge in [0.25, 0.3) is 0 Å². The first-order valence-electron chi connectivity index (χ1n) is 5.67. The molecule has 0 spiro atoms. The lowest BCUT2D eigenvalue weighted by atomic mass is 10.0. The quantitative estimate of drug-likeness (QED) is 0.650. The molecule has 0 unspecified atom stereocenters. The summed E-state index contributed by atoms with van der Waals surface area (Å²) in [7, 11) is 0. The highest BCUT2D eigenvalue weighted by Crippen LogP contribution is 2.19.